The van der Waals surface area contributed by atoms with E-state index in [1.54, 1.807) is 18.4 Å². The summed E-state index contributed by atoms with van der Waals surface area (Å²) in [6.07, 6.45) is 0. The number of aromatic nitrogens is 2. The van der Waals surface area contributed by atoms with E-state index in [2.05, 4.69) is 4.98 Å². The number of nitrogen functional groups attached to an aromatic ring is 1. The van der Waals surface area contributed by atoms with E-state index in [1.807, 2.05) is 24.3 Å². The van der Waals surface area contributed by atoms with Gasteiger partial charge >= 0.3 is 5.97 Å². The molecule has 0 bridgehead atoms. The molecule has 2 rings (SSSR count). The largest absolute Gasteiger partial charge is 0.464 e. The molecule has 0 saturated carbocycles. The van der Waals surface area contributed by atoms with Crippen molar-refractivity contribution in [3.8, 4) is 0 Å². The van der Waals surface area contributed by atoms with Gasteiger partial charge in [-0.15, -0.1) is 0 Å². The van der Waals surface area contributed by atoms with Crippen LogP contribution in [0.15, 0.2) is 24.3 Å². The molecule has 0 saturated heterocycles. The molecule has 1 heterocycles. The lowest BCUT2D eigenvalue weighted by Crippen LogP contribution is -2.20. The normalized spacial score (nSPS) is 12.6. The number of hydrogen-bond donors (Lipinski definition) is 1. The molecule has 1 aromatic heterocycles. The number of anilines is 1. The van der Waals surface area contributed by atoms with Crippen LogP contribution in [0.2, 0.25) is 0 Å². The van der Waals surface area contributed by atoms with Crippen LogP contribution in [0.5, 0.6) is 0 Å². The molecule has 0 amide bonds. The molecule has 5 heteroatoms. The van der Waals surface area contributed by atoms with E-state index >= 15 is 0 Å². The van der Waals surface area contributed by atoms with Crippen LogP contribution in [0.1, 0.15) is 19.9 Å². The predicted octanol–water partition coefficient (Wildman–Crippen LogP) is 1.74. The van der Waals surface area contributed by atoms with Gasteiger partial charge in [-0.1, -0.05) is 12.1 Å². The highest BCUT2D eigenvalue weighted by Gasteiger charge is 2.20. The van der Waals surface area contributed by atoms with Crippen LogP contribution < -0.4 is 5.73 Å². The maximum atomic E-state index is 11.7. The molecule has 1 aromatic carbocycles. The molecule has 90 valence electrons. The van der Waals surface area contributed by atoms with Crippen molar-refractivity contribution in [1.29, 1.82) is 0 Å². The first kappa shape index (κ1) is 11.4. The summed E-state index contributed by atoms with van der Waals surface area (Å²) in [5.41, 5.74) is 7.45. The van der Waals surface area contributed by atoms with Gasteiger partial charge in [-0.25, -0.2) is 9.78 Å². The van der Waals surface area contributed by atoms with Crippen molar-refractivity contribution in [3.05, 3.63) is 24.3 Å². The van der Waals surface area contributed by atoms with Crippen LogP contribution in [0.3, 0.4) is 0 Å². The number of rotatable bonds is 3. The van der Waals surface area contributed by atoms with Crippen molar-refractivity contribution >= 4 is 23.0 Å². The Kier molecular flexibility index (Phi) is 2.99. The summed E-state index contributed by atoms with van der Waals surface area (Å²) in [5, 5.41) is 0. The molecular formula is C12H15N3O2. The quantitative estimate of drug-likeness (QED) is 0.820. The van der Waals surface area contributed by atoms with Crippen LogP contribution in [0.4, 0.5) is 5.95 Å². The maximum absolute atomic E-state index is 11.7. The van der Waals surface area contributed by atoms with Crippen molar-refractivity contribution < 1.29 is 9.53 Å². The van der Waals surface area contributed by atoms with Crippen LogP contribution in [0, 0.1) is 0 Å². The molecule has 1 unspecified atom stereocenters. The number of hydrogen-bond acceptors (Lipinski definition) is 4. The summed E-state index contributed by atoms with van der Waals surface area (Å²) in [6, 6.07) is 7.04. The van der Waals surface area contributed by atoms with Crippen LogP contribution in [-0.4, -0.2) is 22.1 Å². The zero-order valence-corrected chi connectivity index (χ0v) is 9.88. The van der Waals surface area contributed by atoms with Gasteiger partial charge in [0.15, 0.2) is 0 Å². The third kappa shape index (κ3) is 1.95. The first-order valence-corrected chi connectivity index (χ1v) is 5.54. The minimum Gasteiger partial charge on any atom is -0.464 e. The summed E-state index contributed by atoms with van der Waals surface area (Å²) in [5.74, 6) is 0.0223. The van der Waals surface area contributed by atoms with Gasteiger partial charge in [0.2, 0.25) is 5.95 Å². The Morgan fingerprint density at radius 1 is 1.53 bits per heavy atom. The second-order valence-corrected chi connectivity index (χ2v) is 3.76. The Morgan fingerprint density at radius 3 is 2.94 bits per heavy atom. The molecule has 1 atom stereocenters. The second kappa shape index (κ2) is 4.45. The molecule has 0 spiro atoms. The third-order valence-electron chi connectivity index (χ3n) is 2.64. The SMILES string of the molecule is CCOC(=O)C(C)n1c(N)nc2ccccc21. The lowest BCUT2D eigenvalue weighted by Gasteiger charge is -2.14. The van der Waals surface area contributed by atoms with Gasteiger partial charge in [0.1, 0.15) is 6.04 Å². The highest BCUT2D eigenvalue weighted by molar-refractivity contribution is 5.82. The number of imidazole rings is 1. The Balaban J connectivity index is 2.47. The molecule has 0 aliphatic heterocycles. The van der Waals surface area contributed by atoms with E-state index in [0.717, 1.165) is 11.0 Å². The lowest BCUT2D eigenvalue weighted by atomic mass is 10.3. The van der Waals surface area contributed by atoms with Gasteiger partial charge in [0, 0.05) is 0 Å². The predicted molar refractivity (Wildman–Crippen MR) is 65.5 cm³/mol. The highest BCUT2D eigenvalue weighted by atomic mass is 16.5. The second-order valence-electron chi connectivity index (χ2n) is 3.76. The number of nitrogens with zero attached hydrogens (tertiary/aromatic N) is 2. The zero-order chi connectivity index (χ0) is 12.4. The smallest absolute Gasteiger partial charge is 0.328 e. The van der Waals surface area contributed by atoms with Gasteiger partial charge in [-0.2, -0.15) is 0 Å². The molecule has 17 heavy (non-hydrogen) atoms. The number of esters is 1. The average molecular weight is 233 g/mol. The van der Waals surface area contributed by atoms with Crippen LogP contribution in [-0.2, 0) is 9.53 Å². The molecule has 5 nitrogen and oxygen atoms in total. The minimum absolute atomic E-state index is 0.303. The number of benzene rings is 1. The summed E-state index contributed by atoms with van der Waals surface area (Å²) in [4.78, 5) is 15.9. The molecule has 0 radical (unpaired) electrons. The Bertz CT molecular complexity index is 548. The topological polar surface area (TPSA) is 70.1 Å². The summed E-state index contributed by atoms with van der Waals surface area (Å²) < 4.78 is 6.68. The molecule has 0 aliphatic rings. The molecule has 0 aliphatic carbocycles. The number of carbonyl (C=O) groups excluding carboxylic acids is 1. The fraction of sp³-hybridized carbons (Fsp3) is 0.333. The monoisotopic (exact) mass is 233 g/mol. The van der Waals surface area contributed by atoms with E-state index in [9.17, 15) is 4.79 Å². The van der Waals surface area contributed by atoms with Crippen molar-refractivity contribution in [3.63, 3.8) is 0 Å². The standard InChI is InChI=1S/C12H15N3O2/c1-3-17-11(16)8(2)15-10-7-5-4-6-9(10)14-12(15)13/h4-8H,3H2,1-2H3,(H2,13,14). The first-order chi connectivity index (χ1) is 8.15. The number of ether oxygens (including phenoxy) is 1. The number of carbonyl (C=O) groups is 1. The maximum Gasteiger partial charge on any atom is 0.328 e. The van der Waals surface area contributed by atoms with Gasteiger partial charge in [-0.3, -0.25) is 4.57 Å². The summed E-state index contributed by atoms with van der Waals surface area (Å²) in [6.45, 7) is 3.89. The number of para-hydroxylation sites is 2. The van der Waals surface area contributed by atoms with Crippen molar-refractivity contribution in [2.45, 2.75) is 19.9 Å². The van der Waals surface area contributed by atoms with Crippen molar-refractivity contribution in [1.82, 2.24) is 9.55 Å². The van der Waals surface area contributed by atoms with Gasteiger partial charge in [-0.05, 0) is 26.0 Å². The summed E-state index contributed by atoms with van der Waals surface area (Å²) >= 11 is 0. The fourth-order valence-corrected chi connectivity index (χ4v) is 1.84. The van der Waals surface area contributed by atoms with Gasteiger partial charge in [0.25, 0.3) is 0 Å². The van der Waals surface area contributed by atoms with E-state index in [4.69, 9.17) is 10.5 Å². The fourth-order valence-electron chi connectivity index (χ4n) is 1.84. The molecular weight excluding hydrogens is 218 g/mol. The first-order valence-electron chi connectivity index (χ1n) is 5.54. The summed E-state index contributed by atoms with van der Waals surface area (Å²) in [7, 11) is 0. The Hall–Kier alpha value is -2.04. The van der Waals surface area contributed by atoms with Crippen molar-refractivity contribution in [2.75, 3.05) is 12.3 Å². The Morgan fingerprint density at radius 2 is 2.24 bits per heavy atom. The van der Waals surface area contributed by atoms with E-state index in [1.165, 1.54) is 0 Å². The lowest BCUT2D eigenvalue weighted by molar-refractivity contribution is -0.146. The number of nitrogens with two attached hydrogens (primary N) is 1. The molecule has 2 aromatic rings. The van der Waals surface area contributed by atoms with Gasteiger partial charge < -0.3 is 10.5 Å². The molecule has 0 fully saturated rings. The van der Waals surface area contributed by atoms with Crippen molar-refractivity contribution in [2.24, 2.45) is 0 Å². The average Bonchev–Trinajstić information content (AvgIpc) is 2.64. The highest BCUT2D eigenvalue weighted by Crippen LogP contribution is 2.23. The zero-order valence-electron chi connectivity index (χ0n) is 9.88. The molecule has 2 N–H and O–H groups in total. The number of fused-ring (bicyclic) bond motifs is 1. The van der Waals surface area contributed by atoms with Crippen LogP contribution in [0.25, 0.3) is 11.0 Å². The van der Waals surface area contributed by atoms with E-state index < -0.39 is 6.04 Å². The van der Waals surface area contributed by atoms with E-state index in [0.29, 0.717) is 12.6 Å². The van der Waals surface area contributed by atoms with Crippen LogP contribution >= 0.6 is 0 Å². The van der Waals surface area contributed by atoms with Gasteiger partial charge in [0.05, 0.1) is 17.6 Å². The minimum atomic E-state index is -0.470. The Labute approximate surface area is 99.2 Å². The third-order valence-corrected chi connectivity index (χ3v) is 2.64. The van der Waals surface area contributed by atoms with E-state index in [-0.39, 0.29) is 5.97 Å².